The van der Waals surface area contributed by atoms with Crippen LogP contribution in [0, 0.1) is 0 Å². The van der Waals surface area contributed by atoms with Crippen molar-refractivity contribution in [1.82, 2.24) is 4.90 Å². The summed E-state index contributed by atoms with van der Waals surface area (Å²) >= 11 is 0. The number of nitrogens with one attached hydrogen (secondary N) is 1. The van der Waals surface area contributed by atoms with E-state index in [1.807, 2.05) is 0 Å². The van der Waals surface area contributed by atoms with Gasteiger partial charge in [-0.3, -0.25) is 4.72 Å². The average Bonchev–Trinajstić information content (AvgIpc) is 3.15. The Hall–Kier alpha value is -2.27. The molecule has 1 saturated heterocycles. The van der Waals surface area contributed by atoms with E-state index in [4.69, 9.17) is 0 Å². The molecule has 11 heteroatoms. The minimum atomic E-state index is -5.14. The van der Waals surface area contributed by atoms with Crippen molar-refractivity contribution in [2.45, 2.75) is 42.9 Å². The van der Waals surface area contributed by atoms with Crippen LogP contribution in [0.4, 0.5) is 32.0 Å². The van der Waals surface area contributed by atoms with Gasteiger partial charge in [-0.25, -0.2) is 8.42 Å². The Labute approximate surface area is 182 Å². The lowest BCUT2D eigenvalue weighted by atomic mass is 9.98. The summed E-state index contributed by atoms with van der Waals surface area (Å²) in [4.78, 5) is 1.21. The van der Waals surface area contributed by atoms with Crippen LogP contribution in [-0.2, 0) is 22.4 Å². The maximum Gasteiger partial charge on any atom is 0.416 e. The molecule has 1 N–H and O–H groups in total. The Morgan fingerprint density at radius 1 is 0.969 bits per heavy atom. The summed E-state index contributed by atoms with van der Waals surface area (Å²) in [6.07, 6.45) is -8.28. The second kappa shape index (κ2) is 8.93. The van der Waals surface area contributed by atoms with Crippen LogP contribution in [0.2, 0.25) is 0 Å². The lowest BCUT2D eigenvalue weighted by Gasteiger charge is -2.16. The Morgan fingerprint density at radius 3 is 2.03 bits per heavy atom. The molecule has 0 saturated carbocycles. The fourth-order valence-electron chi connectivity index (χ4n) is 3.74. The first-order valence-corrected chi connectivity index (χ1v) is 11.4. The summed E-state index contributed by atoms with van der Waals surface area (Å²) in [6.45, 7) is 4.93. The molecule has 32 heavy (non-hydrogen) atoms. The highest BCUT2D eigenvalue weighted by Gasteiger charge is 2.38. The smallest absolute Gasteiger partial charge is 0.303 e. The zero-order valence-electron chi connectivity index (χ0n) is 17.1. The topological polar surface area (TPSA) is 49.4 Å². The van der Waals surface area contributed by atoms with E-state index in [1.165, 1.54) is 12.1 Å². The van der Waals surface area contributed by atoms with E-state index in [0.29, 0.717) is 0 Å². The molecule has 1 aliphatic rings. The Morgan fingerprint density at radius 2 is 1.53 bits per heavy atom. The molecule has 3 rings (SSSR count). The third-order valence-electron chi connectivity index (χ3n) is 5.32. The van der Waals surface area contributed by atoms with Crippen LogP contribution in [0.25, 0.3) is 0 Å². The van der Waals surface area contributed by atoms with E-state index >= 15 is 0 Å². The molecule has 0 spiro atoms. The van der Waals surface area contributed by atoms with Crippen molar-refractivity contribution in [3.63, 3.8) is 0 Å². The van der Waals surface area contributed by atoms with Gasteiger partial charge in [-0.05, 0) is 67.7 Å². The number of likely N-dealkylation sites (tertiary alicyclic amines) is 1. The van der Waals surface area contributed by atoms with Gasteiger partial charge in [0.25, 0.3) is 10.0 Å². The summed E-state index contributed by atoms with van der Waals surface area (Å²) in [5, 5.41) is 0. The van der Waals surface area contributed by atoms with Crippen molar-refractivity contribution in [3.8, 4) is 0 Å². The maximum absolute atomic E-state index is 13.0. The highest BCUT2D eigenvalue weighted by atomic mass is 32.2. The van der Waals surface area contributed by atoms with Gasteiger partial charge >= 0.3 is 12.4 Å². The molecule has 2 aromatic rings. The predicted molar refractivity (Wildman–Crippen MR) is 108 cm³/mol. The first-order valence-electron chi connectivity index (χ1n) is 9.94. The van der Waals surface area contributed by atoms with E-state index in [2.05, 4.69) is 16.5 Å². The predicted octanol–water partition coefficient (Wildman–Crippen LogP) is 5.72. The highest BCUT2D eigenvalue weighted by molar-refractivity contribution is 7.92. The molecule has 0 radical (unpaired) electrons. The van der Waals surface area contributed by atoms with E-state index < -0.39 is 38.4 Å². The fraction of sp³-hybridized carbons (Fsp3) is 0.429. The van der Waals surface area contributed by atoms with Gasteiger partial charge in [0.15, 0.2) is 0 Å². The molecule has 1 unspecified atom stereocenters. The van der Waals surface area contributed by atoms with Crippen molar-refractivity contribution < 1.29 is 34.8 Å². The zero-order valence-corrected chi connectivity index (χ0v) is 17.9. The summed E-state index contributed by atoms with van der Waals surface area (Å²) in [5.74, 6) is 0.282. The van der Waals surface area contributed by atoms with E-state index in [9.17, 15) is 34.8 Å². The molecule has 1 fully saturated rings. The third kappa shape index (κ3) is 5.74. The van der Waals surface area contributed by atoms with Crippen molar-refractivity contribution in [3.05, 3.63) is 59.2 Å². The number of nitrogens with zero attached hydrogens (tertiary/aromatic N) is 1. The maximum atomic E-state index is 13.0. The number of rotatable bonds is 6. The molecule has 1 aliphatic heterocycles. The highest BCUT2D eigenvalue weighted by Crippen LogP contribution is 2.37. The molecule has 176 valence electrons. The minimum absolute atomic E-state index is 0.0446. The first kappa shape index (κ1) is 24.4. The molecule has 0 bridgehead atoms. The largest absolute Gasteiger partial charge is 0.416 e. The van der Waals surface area contributed by atoms with Crippen LogP contribution in [0.15, 0.2) is 47.4 Å². The van der Waals surface area contributed by atoms with E-state index in [1.54, 1.807) is 12.1 Å². The minimum Gasteiger partial charge on any atom is -0.303 e. The molecule has 1 atom stereocenters. The van der Waals surface area contributed by atoms with Gasteiger partial charge in [-0.15, -0.1) is 0 Å². The van der Waals surface area contributed by atoms with Gasteiger partial charge in [0.1, 0.15) is 0 Å². The summed E-state index contributed by atoms with van der Waals surface area (Å²) in [7, 11) is -4.69. The van der Waals surface area contributed by atoms with Gasteiger partial charge in [-0.1, -0.05) is 19.1 Å². The van der Waals surface area contributed by atoms with Crippen molar-refractivity contribution in [2.24, 2.45) is 0 Å². The average molecular weight is 480 g/mol. The molecule has 0 aliphatic carbocycles. The second-order valence-electron chi connectivity index (χ2n) is 7.76. The standard InChI is InChI=1S/C21H22F6N2O2S/c1-2-8-29-9-7-15(13-29)14-3-5-18(6-4-14)28-32(30,31)19-11-16(20(22,23)24)10-17(12-19)21(25,26)27/h3-6,10-12,15,28H,2,7-9,13H2,1H3. The molecule has 0 aromatic heterocycles. The SMILES string of the molecule is CCCN1CCC(c2ccc(NS(=O)(=O)c3cc(C(F)(F)F)cc(C(F)(F)F)c3)cc2)C1. The summed E-state index contributed by atoms with van der Waals surface area (Å²) < 4.78 is 105. The molecular weight excluding hydrogens is 458 g/mol. The van der Waals surface area contributed by atoms with E-state index in [-0.39, 0.29) is 29.8 Å². The molecule has 4 nitrogen and oxygen atoms in total. The summed E-state index contributed by atoms with van der Waals surface area (Å²) in [5.41, 5.74) is -2.35. The lowest BCUT2D eigenvalue weighted by molar-refractivity contribution is -0.143. The van der Waals surface area contributed by atoms with Gasteiger partial charge in [0.05, 0.1) is 16.0 Å². The number of hydrogen-bond acceptors (Lipinski definition) is 3. The van der Waals surface area contributed by atoms with Crippen molar-refractivity contribution in [2.75, 3.05) is 24.4 Å². The second-order valence-corrected chi connectivity index (χ2v) is 9.44. The van der Waals surface area contributed by atoms with Crippen LogP contribution in [-0.4, -0.2) is 33.0 Å². The Balaban J connectivity index is 1.83. The number of alkyl halides is 6. The van der Waals surface area contributed by atoms with Gasteiger partial charge in [0.2, 0.25) is 0 Å². The van der Waals surface area contributed by atoms with Gasteiger partial charge in [-0.2, -0.15) is 26.3 Å². The van der Waals surface area contributed by atoms with Crippen molar-refractivity contribution in [1.29, 1.82) is 0 Å². The number of anilines is 1. The molecule has 0 amide bonds. The number of benzene rings is 2. The number of halogens is 6. The zero-order chi connectivity index (χ0) is 23.7. The molecular formula is C21H22F6N2O2S. The number of sulfonamides is 1. The first-order chi connectivity index (χ1) is 14.8. The quantitative estimate of drug-likeness (QED) is 0.538. The van der Waals surface area contributed by atoms with Crippen LogP contribution in [0.5, 0.6) is 0 Å². The Kier molecular flexibility index (Phi) is 6.80. The normalized spacial score (nSPS) is 18.2. The number of hydrogen-bond donors (Lipinski definition) is 1. The lowest BCUT2D eigenvalue weighted by Crippen LogP contribution is -2.20. The van der Waals surface area contributed by atoms with Crippen LogP contribution in [0.3, 0.4) is 0 Å². The fourth-order valence-corrected chi connectivity index (χ4v) is 4.87. The monoisotopic (exact) mass is 480 g/mol. The Bertz CT molecular complexity index is 1020. The van der Waals surface area contributed by atoms with Crippen LogP contribution in [0.1, 0.15) is 42.4 Å². The molecule has 1 heterocycles. The van der Waals surface area contributed by atoms with E-state index in [0.717, 1.165) is 38.0 Å². The molecule has 2 aromatic carbocycles. The summed E-state index contributed by atoms with van der Waals surface area (Å²) in [6, 6.07) is 6.59. The van der Waals surface area contributed by atoms with Gasteiger partial charge < -0.3 is 4.90 Å². The van der Waals surface area contributed by atoms with Crippen LogP contribution < -0.4 is 4.72 Å². The van der Waals surface area contributed by atoms with Crippen molar-refractivity contribution >= 4 is 15.7 Å². The van der Waals surface area contributed by atoms with Crippen LogP contribution >= 0.6 is 0 Å². The van der Waals surface area contributed by atoms with Gasteiger partial charge in [0, 0.05) is 12.2 Å². The third-order valence-corrected chi connectivity index (χ3v) is 6.68.